The van der Waals surface area contributed by atoms with E-state index in [2.05, 4.69) is 32.3 Å². The van der Waals surface area contributed by atoms with Gasteiger partial charge in [-0.15, -0.1) is 0 Å². The van der Waals surface area contributed by atoms with Gasteiger partial charge in [-0.3, -0.25) is 0 Å². The minimum Gasteiger partial charge on any atom is -0.445 e. The monoisotopic (exact) mass is 235 g/mol. The summed E-state index contributed by atoms with van der Waals surface area (Å²) in [5.41, 5.74) is 1.23. The molecular formula is C15H25NO. The Hall–Kier alpha value is -1.05. The number of hydrogen-bond acceptors (Lipinski definition) is 2. The fourth-order valence-electron chi connectivity index (χ4n) is 2.09. The molecule has 0 amide bonds. The lowest BCUT2D eigenvalue weighted by molar-refractivity contribution is 0.384. The van der Waals surface area contributed by atoms with Crippen LogP contribution in [0.3, 0.4) is 0 Å². The zero-order valence-corrected chi connectivity index (χ0v) is 11.5. The zero-order chi connectivity index (χ0) is 12.7. The number of aromatic nitrogens is 1. The van der Waals surface area contributed by atoms with Crippen molar-refractivity contribution in [1.29, 1.82) is 0 Å². The summed E-state index contributed by atoms with van der Waals surface area (Å²) in [4.78, 5) is 4.49. The molecule has 1 heterocycles. The Bertz CT molecular complexity index is 342. The van der Waals surface area contributed by atoms with E-state index in [0.29, 0.717) is 5.89 Å². The summed E-state index contributed by atoms with van der Waals surface area (Å²) in [6.45, 7) is 10.4. The summed E-state index contributed by atoms with van der Waals surface area (Å²) in [7, 11) is 0. The molecule has 1 rings (SSSR count). The van der Waals surface area contributed by atoms with Gasteiger partial charge >= 0.3 is 0 Å². The van der Waals surface area contributed by atoms with Crippen LogP contribution >= 0.6 is 0 Å². The van der Waals surface area contributed by atoms with Gasteiger partial charge in [-0.2, -0.15) is 0 Å². The van der Waals surface area contributed by atoms with Gasteiger partial charge in [-0.05, 0) is 18.9 Å². The summed E-state index contributed by atoms with van der Waals surface area (Å²) in [5, 5.41) is 0. The van der Waals surface area contributed by atoms with Crippen molar-refractivity contribution in [2.45, 2.75) is 64.7 Å². The standard InChI is InChI=1S/C15H25NO/c1-5-8-9-10-11-15(4,7-3)13-12-17-14(6-2)16-13/h6,12H,2,5,7-11H2,1,3-4H3. The van der Waals surface area contributed by atoms with Gasteiger partial charge < -0.3 is 4.42 Å². The fraction of sp³-hybridized carbons (Fsp3) is 0.667. The number of hydrogen-bond donors (Lipinski definition) is 0. The highest BCUT2D eigenvalue weighted by Gasteiger charge is 2.27. The Labute approximate surface area is 105 Å². The highest BCUT2D eigenvalue weighted by molar-refractivity contribution is 5.34. The lowest BCUT2D eigenvalue weighted by Gasteiger charge is -2.25. The Morgan fingerprint density at radius 1 is 1.35 bits per heavy atom. The maximum atomic E-state index is 5.36. The lowest BCUT2D eigenvalue weighted by atomic mass is 9.79. The van der Waals surface area contributed by atoms with Gasteiger partial charge in [0.15, 0.2) is 0 Å². The molecular weight excluding hydrogens is 210 g/mol. The molecule has 2 heteroatoms. The molecule has 0 aliphatic rings. The van der Waals surface area contributed by atoms with Crippen molar-refractivity contribution in [3.63, 3.8) is 0 Å². The average molecular weight is 235 g/mol. The maximum absolute atomic E-state index is 5.36. The van der Waals surface area contributed by atoms with Crippen molar-refractivity contribution in [2.24, 2.45) is 0 Å². The fourth-order valence-corrected chi connectivity index (χ4v) is 2.09. The average Bonchev–Trinajstić information content (AvgIpc) is 2.83. The Kier molecular flexibility index (Phi) is 5.46. The first-order valence-corrected chi connectivity index (χ1v) is 6.74. The molecule has 0 saturated carbocycles. The first kappa shape index (κ1) is 14.0. The highest BCUT2D eigenvalue weighted by atomic mass is 16.3. The lowest BCUT2D eigenvalue weighted by Crippen LogP contribution is -2.21. The van der Waals surface area contributed by atoms with Crippen LogP contribution in [0.5, 0.6) is 0 Å². The van der Waals surface area contributed by atoms with Crippen molar-refractivity contribution >= 4 is 6.08 Å². The molecule has 0 aliphatic carbocycles. The van der Waals surface area contributed by atoms with E-state index in [0.717, 1.165) is 12.1 Å². The minimum absolute atomic E-state index is 0.151. The van der Waals surface area contributed by atoms with E-state index >= 15 is 0 Å². The van der Waals surface area contributed by atoms with Crippen LogP contribution in [0.1, 0.15) is 70.9 Å². The molecule has 0 N–H and O–H groups in total. The van der Waals surface area contributed by atoms with Gasteiger partial charge in [-0.25, -0.2) is 4.98 Å². The summed E-state index contributed by atoms with van der Waals surface area (Å²) in [6.07, 6.45) is 10.9. The van der Waals surface area contributed by atoms with Gasteiger partial charge in [0.2, 0.25) is 5.89 Å². The van der Waals surface area contributed by atoms with Crippen molar-refractivity contribution in [2.75, 3.05) is 0 Å². The van der Waals surface area contributed by atoms with E-state index < -0.39 is 0 Å². The van der Waals surface area contributed by atoms with E-state index in [1.165, 1.54) is 32.1 Å². The van der Waals surface area contributed by atoms with E-state index in [4.69, 9.17) is 4.42 Å². The second-order valence-electron chi connectivity index (χ2n) is 5.00. The van der Waals surface area contributed by atoms with Gasteiger partial charge in [0.1, 0.15) is 6.26 Å². The molecule has 0 aromatic carbocycles. The van der Waals surface area contributed by atoms with Crippen LogP contribution in [-0.4, -0.2) is 4.98 Å². The zero-order valence-electron chi connectivity index (χ0n) is 11.5. The number of nitrogens with zero attached hydrogens (tertiary/aromatic N) is 1. The molecule has 0 fully saturated rings. The molecule has 0 saturated heterocycles. The van der Waals surface area contributed by atoms with Crippen LogP contribution in [0.15, 0.2) is 17.3 Å². The largest absolute Gasteiger partial charge is 0.445 e. The predicted molar refractivity (Wildman–Crippen MR) is 73.0 cm³/mol. The third-order valence-corrected chi connectivity index (χ3v) is 3.68. The minimum atomic E-state index is 0.151. The normalized spacial score (nSPS) is 14.5. The van der Waals surface area contributed by atoms with Crippen molar-refractivity contribution in [1.82, 2.24) is 4.98 Å². The van der Waals surface area contributed by atoms with Crippen molar-refractivity contribution < 1.29 is 4.42 Å². The van der Waals surface area contributed by atoms with Crippen molar-refractivity contribution in [3.05, 3.63) is 24.4 Å². The van der Waals surface area contributed by atoms with Crippen LogP contribution in [0, 0.1) is 0 Å². The predicted octanol–water partition coefficient (Wildman–Crippen LogP) is 4.96. The molecule has 96 valence electrons. The van der Waals surface area contributed by atoms with Gasteiger partial charge in [0.05, 0.1) is 5.69 Å². The van der Waals surface area contributed by atoms with E-state index in [9.17, 15) is 0 Å². The van der Waals surface area contributed by atoms with Gasteiger partial charge in [-0.1, -0.05) is 53.0 Å². The maximum Gasteiger partial charge on any atom is 0.218 e. The molecule has 1 aromatic rings. The molecule has 1 aromatic heterocycles. The van der Waals surface area contributed by atoms with E-state index in [1.807, 2.05) is 0 Å². The van der Waals surface area contributed by atoms with Crippen LogP contribution in [0.4, 0.5) is 0 Å². The van der Waals surface area contributed by atoms with Crippen LogP contribution in [-0.2, 0) is 5.41 Å². The first-order chi connectivity index (χ1) is 8.16. The molecule has 17 heavy (non-hydrogen) atoms. The van der Waals surface area contributed by atoms with E-state index in [-0.39, 0.29) is 5.41 Å². The number of oxazole rings is 1. The Balaban J connectivity index is 2.63. The summed E-state index contributed by atoms with van der Waals surface area (Å²) < 4.78 is 5.36. The summed E-state index contributed by atoms with van der Waals surface area (Å²) >= 11 is 0. The molecule has 0 aliphatic heterocycles. The molecule has 0 spiro atoms. The first-order valence-electron chi connectivity index (χ1n) is 6.74. The van der Waals surface area contributed by atoms with Gasteiger partial charge in [0.25, 0.3) is 0 Å². The number of rotatable bonds is 8. The third-order valence-electron chi connectivity index (χ3n) is 3.68. The molecule has 2 nitrogen and oxygen atoms in total. The second-order valence-corrected chi connectivity index (χ2v) is 5.00. The SMILES string of the molecule is C=Cc1nc(C(C)(CC)CCCCCC)co1. The smallest absolute Gasteiger partial charge is 0.218 e. The molecule has 1 atom stereocenters. The summed E-state index contributed by atoms with van der Waals surface area (Å²) in [5.74, 6) is 0.633. The molecule has 1 unspecified atom stereocenters. The van der Waals surface area contributed by atoms with Crippen LogP contribution in [0.2, 0.25) is 0 Å². The molecule has 0 radical (unpaired) electrons. The molecule has 0 bridgehead atoms. The third kappa shape index (κ3) is 3.72. The second kappa shape index (κ2) is 6.63. The van der Waals surface area contributed by atoms with Crippen LogP contribution in [0.25, 0.3) is 6.08 Å². The Morgan fingerprint density at radius 3 is 2.65 bits per heavy atom. The number of unbranched alkanes of at least 4 members (excludes halogenated alkanes) is 3. The quantitative estimate of drug-likeness (QED) is 0.595. The Morgan fingerprint density at radius 2 is 2.12 bits per heavy atom. The highest BCUT2D eigenvalue weighted by Crippen LogP contribution is 2.32. The van der Waals surface area contributed by atoms with Gasteiger partial charge in [0, 0.05) is 5.41 Å². The van der Waals surface area contributed by atoms with Crippen molar-refractivity contribution in [3.8, 4) is 0 Å². The van der Waals surface area contributed by atoms with Crippen LogP contribution < -0.4 is 0 Å². The van der Waals surface area contributed by atoms with E-state index in [1.54, 1.807) is 12.3 Å². The summed E-state index contributed by atoms with van der Waals surface area (Å²) in [6, 6.07) is 0. The topological polar surface area (TPSA) is 26.0 Å².